The normalized spacial score (nSPS) is 21.5. The molecule has 2 heterocycles. The number of benzene rings is 2. The Balaban J connectivity index is 1.60. The maximum atomic E-state index is 13.1. The molecule has 0 unspecified atom stereocenters. The first-order valence-corrected chi connectivity index (χ1v) is 13.0. The zero-order valence-electron chi connectivity index (χ0n) is 18.2. The Hall–Kier alpha value is -2.32. The van der Waals surface area contributed by atoms with Crippen LogP contribution in [0.3, 0.4) is 0 Å². The van der Waals surface area contributed by atoms with Gasteiger partial charge in [-0.25, -0.2) is 8.42 Å². The summed E-state index contributed by atoms with van der Waals surface area (Å²) in [5.74, 6) is 0.0962. The summed E-state index contributed by atoms with van der Waals surface area (Å²) in [6.45, 7) is 8.14. The van der Waals surface area contributed by atoms with Crippen molar-refractivity contribution in [1.82, 2.24) is 0 Å². The fourth-order valence-corrected chi connectivity index (χ4v) is 8.02. The largest absolute Gasteiger partial charge is 0.324 e. The highest BCUT2D eigenvalue weighted by atomic mass is 32.2. The highest BCUT2D eigenvalue weighted by Crippen LogP contribution is 2.37. The molecule has 0 spiro atoms. The van der Waals surface area contributed by atoms with Crippen LogP contribution in [0.2, 0.25) is 0 Å². The van der Waals surface area contributed by atoms with Gasteiger partial charge >= 0.3 is 0 Å². The SMILES string of the molecule is Cc1cccc(N(CC(=O)Nc2c(C)cc(C)cc2C)C2=N[C@@H]3CS(=O)(=O)C[C@@H]3S2)c1. The minimum atomic E-state index is -3.03. The Morgan fingerprint density at radius 3 is 2.45 bits per heavy atom. The molecule has 2 aromatic rings. The smallest absolute Gasteiger partial charge is 0.244 e. The number of thioether (sulfide) groups is 1. The van der Waals surface area contributed by atoms with Crippen LogP contribution in [0.5, 0.6) is 0 Å². The van der Waals surface area contributed by atoms with Crippen molar-refractivity contribution < 1.29 is 13.2 Å². The predicted octanol–water partition coefficient (Wildman–Crippen LogP) is 3.63. The second-order valence-corrected chi connectivity index (χ2v) is 11.8. The van der Waals surface area contributed by atoms with E-state index in [0.717, 1.165) is 33.6 Å². The van der Waals surface area contributed by atoms with Crippen molar-refractivity contribution in [2.75, 3.05) is 28.3 Å². The number of fused-ring (bicyclic) bond motifs is 1. The van der Waals surface area contributed by atoms with E-state index in [1.165, 1.54) is 11.8 Å². The van der Waals surface area contributed by atoms with Gasteiger partial charge in [0.15, 0.2) is 15.0 Å². The van der Waals surface area contributed by atoms with Crippen LogP contribution in [0.25, 0.3) is 0 Å². The highest BCUT2D eigenvalue weighted by molar-refractivity contribution is 8.15. The molecule has 4 rings (SSSR count). The highest BCUT2D eigenvalue weighted by Gasteiger charge is 2.44. The second-order valence-electron chi connectivity index (χ2n) is 8.46. The van der Waals surface area contributed by atoms with Crippen molar-refractivity contribution in [3.05, 3.63) is 58.7 Å². The molecule has 2 atom stereocenters. The van der Waals surface area contributed by atoms with Crippen molar-refractivity contribution in [2.45, 2.75) is 39.0 Å². The Labute approximate surface area is 188 Å². The number of hydrogen-bond donors (Lipinski definition) is 1. The molecule has 2 aliphatic heterocycles. The average Bonchev–Trinajstić information content (AvgIpc) is 3.16. The lowest BCUT2D eigenvalue weighted by molar-refractivity contribution is -0.114. The lowest BCUT2D eigenvalue weighted by Gasteiger charge is -2.25. The van der Waals surface area contributed by atoms with Gasteiger partial charge in [0.05, 0.1) is 17.5 Å². The number of sulfone groups is 1. The number of amidine groups is 1. The molecule has 0 saturated carbocycles. The number of carbonyl (C=O) groups is 1. The van der Waals surface area contributed by atoms with Crippen LogP contribution >= 0.6 is 11.8 Å². The first-order chi connectivity index (χ1) is 14.6. The fraction of sp³-hybridized carbons (Fsp3) is 0.391. The number of aryl methyl sites for hydroxylation is 4. The van der Waals surface area contributed by atoms with E-state index in [9.17, 15) is 13.2 Å². The summed E-state index contributed by atoms with van der Waals surface area (Å²) in [6.07, 6.45) is 0. The molecule has 0 bridgehead atoms. The average molecular weight is 458 g/mol. The van der Waals surface area contributed by atoms with Crippen LogP contribution in [0.15, 0.2) is 41.4 Å². The maximum absolute atomic E-state index is 13.1. The third-order valence-corrected chi connectivity index (χ3v) is 8.84. The molecule has 2 aliphatic rings. The number of anilines is 2. The molecule has 6 nitrogen and oxygen atoms in total. The van der Waals surface area contributed by atoms with Crippen LogP contribution < -0.4 is 10.2 Å². The number of aliphatic imine (C=N–C) groups is 1. The topological polar surface area (TPSA) is 78.8 Å². The summed E-state index contributed by atoms with van der Waals surface area (Å²) in [4.78, 5) is 19.7. The van der Waals surface area contributed by atoms with Gasteiger partial charge in [0, 0.05) is 16.6 Å². The van der Waals surface area contributed by atoms with Gasteiger partial charge in [-0.3, -0.25) is 9.79 Å². The molecular formula is C23H27N3O3S2. The molecule has 0 aliphatic carbocycles. The molecule has 0 radical (unpaired) electrons. The van der Waals surface area contributed by atoms with Crippen molar-refractivity contribution in [3.8, 4) is 0 Å². The number of amides is 1. The maximum Gasteiger partial charge on any atom is 0.244 e. The number of hydrogen-bond acceptors (Lipinski definition) is 6. The van der Waals surface area contributed by atoms with E-state index in [-0.39, 0.29) is 35.2 Å². The molecule has 8 heteroatoms. The molecular weight excluding hydrogens is 430 g/mol. The van der Waals surface area contributed by atoms with E-state index in [0.29, 0.717) is 5.17 Å². The van der Waals surface area contributed by atoms with E-state index < -0.39 is 9.84 Å². The van der Waals surface area contributed by atoms with E-state index in [4.69, 9.17) is 4.99 Å². The first kappa shape index (κ1) is 21.9. The van der Waals surface area contributed by atoms with Gasteiger partial charge in [-0.2, -0.15) is 0 Å². The van der Waals surface area contributed by atoms with Crippen LogP contribution in [-0.2, 0) is 14.6 Å². The molecule has 164 valence electrons. The van der Waals surface area contributed by atoms with Crippen LogP contribution in [0, 0.1) is 27.7 Å². The standard InChI is InChI=1S/C23H27N3O3S2/c1-14-6-5-7-18(10-14)26(23-24-19-12-31(28,29)13-20(19)30-23)11-21(27)25-22-16(3)8-15(2)9-17(22)4/h5-10,19-20H,11-13H2,1-4H3,(H,25,27)/t19-,20+/m1/s1. The van der Waals surface area contributed by atoms with E-state index in [1.807, 2.05) is 56.9 Å². The molecule has 0 aromatic heterocycles. The zero-order valence-corrected chi connectivity index (χ0v) is 19.8. The first-order valence-electron chi connectivity index (χ1n) is 10.3. The Bertz CT molecular complexity index is 1150. The minimum absolute atomic E-state index is 0.0723. The molecule has 1 fully saturated rings. The fourth-order valence-electron chi connectivity index (χ4n) is 4.24. The lowest BCUT2D eigenvalue weighted by atomic mass is 10.1. The molecule has 2 aromatic carbocycles. The van der Waals surface area contributed by atoms with Gasteiger partial charge in [-0.05, 0) is 56.5 Å². The Morgan fingerprint density at radius 1 is 1.10 bits per heavy atom. The molecule has 31 heavy (non-hydrogen) atoms. The molecule has 1 N–H and O–H groups in total. The number of nitrogens with one attached hydrogen (secondary N) is 1. The summed E-state index contributed by atoms with van der Waals surface area (Å²) >= 11 is 1.47. The summed E-state index contributed by atoms with van der Waals surface area (Å²) < 4.78 is 23.9. The van der Waals surface area contributed by atoms with E-state index >= 15 is 0 Å². The lowest BCUT2D eigenvalue weighted by Crippen LogP contribution is -2.37. The van der Waals surface area contributed by atoms with Gasteiger partial charge < -0.3 is 10.2 Å². The van der Waals surface area contributed by atoms with Crippen molar-refractivity contribution in [2.24, 2.45) is 4.99 Å². The van der Waals surface area contributed by atoms with Gasteiger partial charge in [0.25, 0.3) is 0 Å². The summed E-state index contributed by atoms with van der Waals surface area (Å²) in [5.41, 5.74) is 6.01. The quantitative estimate of drug-likeness (QED) is 0.758. The summed E-state index contributed by atoms with van der Waals surface area (Å²) in [7, 11) is -3.03. The van der Waals surface area contributed by atoms with Crippen LogP contribution in [0.4, 0.5) is 11.4 Å². The van der Waals surface area contributed by atoms with Gasteiger partial charge in [0.1, 0.15) is 6.54 Å². The molecule has 1 saturated heterocycles. The Kier molecular flexibility index (Phi) is 5.87. The summed E-state index contributed by atoms with van der Waals surface area (Å²) in [6, 6.07) is 11.8. The van der Waals surface area contributed by atoms with Gasteiger partial charge in [-0.15, -0.1) is 0 Å². The number of nitrogens with zero attached hydrogens (tertiary/aromatic N) is 2. The Morgan fingerprint density at radius 2 is 1.81 bits per heavy atom. The van der Waals surface area contributed by atoms with E-state index in [2.05, 4.69) is 17.4 Å². The zero-order chi connectivity index (χ0) is 22.3. The third-order valence-electron chi connectivity index (χ3n) is 5.59. The van der Waals surface area contributed by atoms with Crippen LogP contribution in [0.1, 0.15) is 22.3 Å². The third kappa shape index (κ3) is 4.80. The van der Waals surface area contributed by atoms with Crippen LogP contribution in [-0.4, -0.2) is 48.8 Å². The van der Waals surface area contributed by atoms with Gasteiger partial charge in [0.2, 0.25) is 5.91 Å². The summed E-state index contributed by atoms with van der Waals surface area (Å²) in [5, 5.41) is 3.71. The van der Waals surface area contributed by atoms with Crippen molar-refractivity contribution >= 4 is 44.0 Å². The van der Waals surface area contributed by atoms with Gasteiger partial charge in [-0.1, -0.05) is 41.6 Å². The van der Waals surface area contributed by atoms with E-state index in [1.54, 1.807) is 0 Å². The second kappa shape index (κ2) is 8.31. The van der Waals surface area contributed by atoms with Crippen molar-refractivity contribution in [3.63, 3.8) is 0 Å². The number of carbonyl (C=O) groups excluding carboxylic acids is 1. The number of rotatable bonds is 4. The van der Waals surface area contributed by atoms with Crippen molar-refractivity contribution in [1.29, 1.82) is 0 Å². The molecule has 1 amide bonds. The minimum Gasteiger partial charge on any atom is -0.324 e. The monoisotopic (exact) mass is 457 g/mol. The predicted molar refractivity (Wildman–Crippen MR) is 129 cm³/mol.